The molecule has 2 rings (SSSR count). The van der Waals surface area contributed by atoms with E-state index in [-0.39, 0.29) is 6.10 Å². The maximum Gasteiger partial charge on any atom is 0.0524 e. The first kappa shape index (κ1) is 10.4. The Hall–Kier alpha value is -0.120. The summed E-state index contributed by atoms with van der Waals surface area (Å²) in [6.07, 6.45) is 3.50. The van der Waals surface area contributed by atoms with Crippen molar-refractivity contribution in [3.05, 3.63) is 0 Å². The van der Waals surface area contributed by atoms with Crippen LogP contribution in [0.2, 0.25) is 0 Å². The minimum atomic E-state index is -0.148. The second kappa shape index (κ2) is 4.60. The van der Waals surface area contributed by atoms with Crippen LogP contribution in [0.3, 0.4) is 0 Å². The highest BCUT2D eigenvalue weighted by molar-refractivity contribution is 4.91. The first-order valence-electron chi connectivity index (χ1n) is 5.90. The van der Waals surface area contributed by atoms with Gasteiger partial charge in [0, 0.05) is 19.1 Å². The lowest BCUT2D eigenvalue weighted by Crippen LogP contribution is -2.45. The Labute approximate surface area is 86.5 Å². The van der Waals surface area contributed by atoms with Gasteiger partial charge in [-0.15, -0.1) is 0 Å². The number of hydrogen-bond acceptors (Lipinski definition) is 3. The van der Waals surface area contributed by atoms with E-state index in [2.05, 4.69) is 10.2 Å². The van der Waals surface area contributed by atoms with Gasteiger partial charge in [-0.05, 0) is 45.2 Å². The standard InChI is InChI=1S/C11H22N2O/c1-9(14)4-6-13-5-2-3-10-7-12-8-11(10)13/h9-12,14H,2-8H2,1H3. The number of aliphatic hydroxyl groups is 1. The molecule has 82 valence electrons. The molecule has 2 saturated heterocycles. The normalized spacial score (nSPS) is 35.6. The van der Waals surface area contributed by atoms with Crippen LogP contribution >= 0.6 is 0 Å². The predicted octanol–water partition coefficient (Wildman–Crippen LogP) is 0.441. The Bertz CT molecular complexity index is 184. The molecule has 0 saturated carbocycles. The molecule has 0 aromatic rings. The third-order valence-electron chi connectivity index (χ3n) is 3.63. The average Bonchev–Trinajstić information content (AvgIpc) is 2.62. The largest absolute Gasteiger partial charge is 0.393 e. The summed E-state index contributed by atoms with van der Waals surface area (Å²) < 4.78 is 0. The number of hydrogen-bond donors (Lipinski definition) is 2. The Morgan fingerprint density at radius 3 is 3.14 bits per heavy atom. The van der Waals surface area contributed by atoms with Crippen molar-refractivity contribution in [2.24, 2.45) is 5.92 Å². The SMILES string of the molecule is CC(O)CCN1CCCC2CNCC21. The van der Waals surface area contributed by atoms with Gasteiger partial charge in [0.2, 0.25) is 0 Å². The molecule has 2 N–H and O–H groups in total. The fraction of sp³-hybridized carbons (Fsp3) is 1.00. The molecular formula is C11H22N2O. The second-order valence-electron chi connectivity index (χ2n) is 4.80. The predicted molar refractivity (Wildman–Crippen MR) is 57.3 cm³/mol. The van der Waals surface area contributed by atoms with E-state index in [0.29, 0.717) is 0 Å². The molecule has 0 aliphatic carbocycles. The molecule has 0 radical (unpaired) electrons. The molecule has 0 amide bonds. The quantitative estimate of drug-likeness (QED) is 0.691. The van der Waals surface area contributed by atoms with E-state index < -0.39 is 0 Å². The number of fused-ring (bicyclic) bond motifs is 1. The summed E-state index contributed by atoms with van der Waals surface area (Å²) in [7, 11) is 0. The lowest BCUT2D eigenvalue weighted by atomic mass is 9.92. The summed E-state index contributed by atoms with van der Waals surface area (Å²) in [5.74, 6) is 0.873. The van der Waals surface area contributed by atoms with Crippen molar-refractivity contribution in [1.29, 1.82) is 0 Å². The summed E-state index contributed by atoms with van der Waals surface area (Å²) >= 11 is 0. The number of aliphatic hydroxyl groups excluding tert-OH is 1. The number of piperidine rings is 1. The molecule has 2 heterocycles. The molecule has 3 unspecified atom stereocenters. The molecule has 0 bridgehead atoms. The molecule has 0 aromatic carbocycles. The van der Waals surface area contributed by atoms with Crippen LogP contribution in [0.5, 0.6) is 0 Å². The third kappa shape index (κ3) is 2.27. The smallest absolute Gasteiger partial charge is 0.0524 e. The number of rotatable bonds is 3. The number of nitrogens with zero attached hydrogens (tertiary/aromatic N) is 1. The van der Waals surface area contributed by atoms with Crippen LogP contribution in [0, 0.1) is 5.92 Å². The zero-order valence-corrected chi connectivity index (χ0v) is 9.08. The molecule has 14 heavy (non-hydrogen) atoms. The molecule has 3 heteroatoms. The van der Waals surface area contributed by atoms with Crippen molar-refractivity contribution in [1.82, 2.24) is 10.2 Å². The first-order valence-corrected chi connectivity index (χ1v) is 5.90. The molecule has 2 aliphatic heterocycles. The van der Waals surface area contributed by atoms with Crippen molar-refractivity contribution in [2.75, 3.05) is 26.2 Å². The molecule has 3 atom stereocenters. The van der Waals surface area contributed by atoms with Gasteiger partial charge in [0.15, 0.2) is 0 Å². The van der Waals surface area contributed by atoms with Crippen molar-refractivity contribution >= 4 is 0 Å². The van der Waals surface area contributed by atoms with E-state index in [1.165, 1.54) is 25.9 Å². The van der Waals surface area contributed by atoms with Gasteiger partial charge in [0.25, 0.3) is 0 Å². The fourth-order valence-electron chi connectivity index (χ4n) is 2.79. The van der Waals surface area contributed by atoms with Crippen LogP contribution < -0.4 is 5.32 Å². The summed E-state index contributed by atoms with van der Waals surface area (Å²) in [6.45, 7) is 6.55. The average molecular weight is 198 g/mol. The van der Waals surface area contributed by atoms with Gasteiger partial charge >= 0.3 is 0 Å². The fourth-order valence-corrected chi connectivity index (χ4v) is 2.79. The van der Waals surface area contributed by atoms with Gasteiger partial charge in [-0.1, -0.05) is 0 Å². The Balaban J connectivity index is 1.84. The van der Waals surface area contributed by atoms with Gasteiger partial charge < -0.3 is 10.4 Å². The number of nitrogens with one attached hydrogen (secondary N) is 1. The van der Waals surface area contributed by atoms with Crippen molar-refractivity contribution in [3.8, 4) is 0 Å². The lowest BCUT2D eigenvalue weighted by molar-refractivity contribution is 0.0967. The Morgan fingerprint density at radius 1 is 1.50 bits per heavy atom. The monoisotopic (exact) mass is 198 g/mol. The van der Waals surface area contributed by atoms with Gasteiger partial charge in [0.1, 0.15) is 0 Å². The summed E-state index contributed by atoms with van der Waals surface area (Å²) in [5, 5.41) is 12.8. The maximum atomic E-state index is 9.28. The molecular weight excluding hydrogens is 176 g/mol. The zero-order chi connectivity index (χ0) is 9.97. The first-order chi connectivity index (χ1) is 6.77. The van der Waals surface area contributed by atoms with Crippen molar-refractivity contribution < 1.29 is 5.11 Å². The van der Waals surface area contributed by atoms with E-state index in [9.17, 15) is 5.11 Å². The molecule has 3 nitrogen and oxygen atoms in total. The van der Waals surface area contributed by atoms with Crippen LogP contribution in [-0.4, -0.2) is 48.3 Å². The van der Waals surface area contributed by atoms with E-state index >= 15 is 0 Å². The van der Waals surface area contributed by atoms with Crippen molar-refractivity contribution in [2.45, 2.75) is 38.3 Å². The van der Waals surface area contributed by atoms with Crippen LogP contribution in [0.1, 0.15) is 26.2 Å². The van der Waals surface area contributed by atoms with E-state index in [1.807, 2.05) is 6.92 Å². The lowest BCUT2D eigenvalue weighted by Gasteiger charge is -2.37. The Kier molecular flexibility index (Phi) is 3.42. The molecule has 2 aliphatic rings. The molecule has 0 spiro atoms. The van der Waals surface area contributed by atoms with E-state index in [4.69, 9.17) is 0 Å². The van der Waals surface area contributed by atoms with Crippen LogP contribution in [0.4, 0.5) is 0 Å². The Morgan fingerprint density at radius 2 is 2.36 bits per heavy atom. The highest BCUT2D eigenvalue weighted by Gasteiger charge is 2.34. The summed E-state index contributed by atoms with van der Waals surface area (Å²) in [6, 6.07) is 0.752. The molecule has 2 fully saturated rings. The minimum Gasteiger partial charge on any atom is -0.393 e. The van der Waals surface area contributed by atoms with E-state index in [1.54, 1.807) is 0 Å². The third-order valence-corrected chi connectivity index (χ3v) is 3.63. The van der Waals surface area contributed by atoms with Gasteiger partial charge in [-0.3, -0.25) is 4.90 Å². The minimum absolute atomic E-state index is 0.148. The highest BCUT2D eigenvalue weighted by atomic mass is 16.3. The van der Waals surface area contributed by atoms with Gasteiger partial charge in [0.05, 0.1) is 6.10 Å². The van der Waals surface area contributed by atoms with Gasteiger partial charge in [-0.2, -0.15) is 0 Å². The summed E-state index contributed by atoms with van der Waals surface area (Å²) in [4.78, 5) is 2.57. The zero-order valence-electron chi connectivity index (χ0n) is 9.08. The van der Waals surface area contributed by atoms with Crippen molar-refractivity contribution in [3.63, 3.8) is 0 Å². The topological polar surface area (TPSA) is 35.5 Å². The van der Waals surface area contributed by atoms with Crippen LogP contribution in [0.15, 0.2) is 0 Å². The summed E-state index contributed by atoms with van der Waals surface area (Å²) in [5.41, 5.74) is 0. The highest BCUT2D eigenvalue weighted by Crippen LogP contribution is 2.26. The van der Waals surface area contributed by atoms with Gasteiger partial charge in [-0.25, -0.2) is 0 Å². The number of likely N-dealkylation sites (tertiary alicyclic amines) is 1. The van der Waals surface area contributed by atoms with Crippen LogP contribution in [0.25, 0.3) is 0 Å². The maximum absolute atomic E-state index is 9.28. The van der Waals surface area contributed by atoms with Crippen LogP contribution in [-0.2, 0) is 0 Å². The van der Waals surface area contributed by atoms with E-state index in [0.717, 1.165) is 31.5 Å². The second-order valence-corrected chi connectivity index (χ2v) is 4.80. The molecule has 0 aromatic heterocycles.